The van der Waals surface area contributed by atoms with Crippen LogP contribution in [0.3, 0.4) is 0 Å². The second-order valence-corrected chi connectivity index (χ2v) is 6.58. The third kappa shape index (κ3) is 4.07. The first-order chi connectivity index (χ1) is 9.93. The Kier molecular flexibility index (Phi) is 5.05. The summed E-state index contributed by atoms with van der Waals surface area (Å²) >= 11 is 1.58. The Balaban J connectivity index is 1.86. The van der Waals surface area contributed by atoms with Gasteiger partial charge in [0.1, 0.15) is 0 Å². The Bertz CT molecular complexity index is 491. The summed E-state index contributed by atoms with van der Waals surface area (Å²) in [6.45, 7) is 6.47. The highest BCUT2D eigenvalue weighted by molar-refractivity contribution is 7.13. The number of hydrogen-bond acceptors (Lipinski definition) is 5. The number of hydrogen-bond donors (Lipinski definition) is 1. The van der Waals surface area contributed by atoms with Gasteiger partial charge in [0.05, 0.1) is 31.0 Å². The molecule has 0 aromatic carbocycles. The number of rotatable bonds is 4. The molecule has 1 atom stereocenters. The summed E-state index contributed by atoms with van der Waals surface area (Å²) in [6, 6.07) is -0.0441. The van der Waals surface area contributed by atoms with Crippen molar-refractivity contribution < 1.29 is 9.53 Å². The predicted octanol–water partition coefficient (Wildman–Crippen LogP) is 1.92. The van der Waals surface area contributed by atoms with Gasteiger partial charge in [0.25, 0.3) is 0 Å². The van der Waals surface area contributed by atoms with Crippen molar-refractivity contribution in [2.45, 2.75) is 32.4 Å². The van der Waals surface area contributed by atoms with E-state index in [0.717, 1.165) is 17.2 Å². The van der Waals surface area contributed by atoms with Crippen LogP contribution in [0.5, 0.6) is 0 Å². The number of aromatic nitrogens is 1. The number of carbonyl (C=O) groups excluding carboxylic acids is 1. The highest BCUT2D eigenvalue weighted by atomic mass is 32.1. The van der Waals surface area contributed by atoms with E-state index in [0.29, 0.717) is 26.2 Å². The standard InChI is InChI=1S/C14H24N4O2S/c1-5-14(2)10-18(6-7-20-14)12(19)15-8-11-9-21-13(16-11)17(3)4/h9H,5-8,10H2,1-4H3,(H,15,19)/t14-/m0/s1. The number of carbonyl (C=O) groups is 1. The molecule has 1 aliphatic heterocycles. The van der Waals surface area contributed by atoms with Gasteiger partial charge in [0.15, 0.2) is 5.13 Å². The Morgan fingerprint density at radius 3 is 3.00 bits per heavy atom. The molecule has 2 rings (SSSR count). The van der Waals surface area contributed by atoms with Crippen molar-refractivity contribution in [3.63, 3.8) is 0 Å². The van der Waals surface area contributed by atoms with E-state index in [1.54, 1.807) is 11.3 Å². The van der Waals surface area contributed by atoms with Gasteiger partial charge in [-0.2, -0.15) is 0 Å². The van der Waals surface area contributed by atoms with Gasteiger partial charge in [0, 0.05) is 26.0 Å². The molecule has 1 N–H and O–H groups in total. The molecule has 0 bridgehead atoms. The maximum Gasteiger partial charge on any atom is 0.317 e. The molecule has 1 fully saturated rings. The Hall–Kier alpha value is -1.34. The minimum atomic E-state index is -0.228. The topological polar surface area (TPSA) is 57.7 Å². The van der Waals surface area contributed by atoms with E-state index in [-0.39, 0.29) is 11.6 Å². The second-order valence-electron chi connectivity index (χ2n) is 5.75. The van der Waals surface area contributed by atoms with Crippen molar-refractivity contribution in [3.8, 4) is 0 Å². The number of thiazole rings is 1. The van der Waals surface area contributed by atoms with Crippen molar-refractivity contribution in [2.24, 2.45) is 0 Å². The lowest BCUT2D eigenvalue weighted by atomic mass is 10.0. The Morgan fingerprint density at radius 1 is 1.62 bits per heavy atom. The first-order valence-corrected chi connectivity index (χ1v) is 8.10. The smallest absolute Gasteiger partial charge is 0.317 e. The molecule has 0 unspecified atom stereocenters. The van der Waals surface area contributed by atoms with Gasteiger partial charge in [0.2, 0.25) is 0 Å². The van der Waals surface area contributed by atoms with E-state index in [4.69, 9.17) is 4.74 Å². The zero-order chi connectivity index (χ0) is 15.5. The molecule has 7 heteroatoms. The van der Waals surface area contributed by atoms with Crippen LogP contribution in [-0.2, 0) is 11.3 Å². The van der Waals surface area contributed by atoms with Gasteiger partial charge in [-0.1, -0.05) is 6.92 Å². The minimum absolute atomic E-state index is 0.0441. The van der Waals surface area contributed by atoms with E-state index in [1.807, 2.05) is 29.3 Å². The molecule has 0 saturated carbocycles. The summed E-state index contributed by atoms with van der Waals surface area (Å²) in [5, 5.41) is 5.87. The van der Waals surface area contributed by atoms with Crippen LogP contribution in [0.2, 0.25) is 0 Å². The molecule has 118 valence electrons. The van der Waals surface area contributed by atoms with E-state index < -0.39 is 0 Å². The SMILES string of the molecule is CC[C@@]1(C)CN(C(=O)NCc2csc(N(C)C)n2)CCO1. The Morgan fingerprint density at radius 2 is 2.38 bits per heavy atom. The first kappa shape index (κ1) is 16.0. The van der Waals surface area contributed by atoms with Gasteiger partial charge in [-0.25, -0.2) is 9.78 Å². The fourth-order valence-corrected chi connectivity index (χ4v) is 2.94. The van der Waals surface area contributed by atoms with E-state index in [2.05, 4.69) is 24.1 Å². The summed E-state index contributed by atoms with van der Waals surface area (Å²) in [4.78, 5) is 20.5. The van der Waals surface area contributed by atoms with Gasteiger partial charge in [-0.05, 0) is 13.3 Å². The first-order valence-electron chi connectivity index (χ1n) is 7.22. The van der Waals surface area contributed by atoms with Crippen molar-refractivity contribution in [1.29, 1.82) is 0 Å². The molecule has 0 spiro atoms. The monoisotopic (exact) mass is 312 g/mol. The predicted molar refractivity (Wildman–Crippen MR) is 84.9 cm³/mol. The number of ether oxygens (including phenoxy) is 1. The maximum absolute atomic E-state index is 12.2. The molecule has 0 aliphatic carbocycles. The molecule has 1 saturated heterocycles. The summed E-state index contributed by atoms with van der Waals surface area (Å²) in [6.07, 6.45) is 0.898. The van der Waals surface area contributed by atoms with Crippen molar-refractivity contribution >= 4 is 22.5 Å². The summed E-state index contributed by atoms with van der Waals surface area (Å²) in [7, 11) is 3.92. The zero-order valence-electron chi connectivity index (χ0n) is 13.2. The highest BCUT2D eigenvalue weighted by Gasteiger charge is 2.32. The van der Waals surface area contributed by atoms with Crippen LogP contribution < -0.4 is 10.2 Å². The highest BCUT2D eigenvalue weighted by Crippen LogP contribution is 2.21. The van der Waals surface area contributed by atoms with Crippen LogP contribution in [-0.4, -0.2) is 55.3 Å². The second kappa shape index (κ2) is 6.62. The van der Waals surface area contributed by atoms with Gasteiger partial charge in [-0.3, -0.25) is 0 Å². The third-order valence-electron chi connectivity index (χ3n) is 3.72. The Labute approximate surface area is 130 Å². The average Bonchev–Trinajstić information content (AvgIpc) is 2.94. The van der Waals surface area contributed by atoms with E-state index in [9.17, 15) is 4.79 Å². The number of urea groups is 1. The van der Waals surface area contributed by atoms with Crippen LogP contribution in [0.25, 0.3) is 0 Å². The fraction of sp³-hybridized carbons (Fsp3) is 0.714. The molecule has 0 radical (unpaired) electrons. The molecule has 2 amide bonds. The third-order valence-corrected chi connectivity index (χ3v) is 4.77. The molecule has 6 nitrogen and oxygen atoms in total. The number of amides is 2. The molecular formula is C14H24N4O2S. The summed E-state index contributed by atoms with van der Waals surface area (Å²) in [5.74, 6) is 0. The van der Waals surface area contributed by atoms with Crippen molar-refractivity contribution in [2.75, 3.05) is 38.7 Å². The zero-order valence-corrected chi connectivity index (χ0v) is 14.0. The van der Waals surface area contributed by atoms with Gasteiger partial charge in [-0.15, -0.1) is 11.3 Å². The molecular weight excluding hydrogens is 288 g/mol. The summed E-state index contributed by atoms with van der Waals surface area (Å²) < 4.78 is 5.75. The normalized spacial score (nSPS) is 22.2. The fourth-order valence-electron chi connectivity index (χ4n) is 2.18. The molecule has 1 aromatic heterocycles. The maximum atomic E-state index is 12.2. The molecule has 1 aromatic rings. The largest absolute Gasteiger partial charge is 0.372 e. The van der Waals surface area contributed by atoms with Crippen LogP contribution in [0.1, 0.15) is 26.0 Å². The lowest BCUT2D eigenvalue weighted by molar-refractivity contribution is -0.0872. The number of nitrogens with one attached hydrogen (secondary N) is 1. The number of nitrogens with zero attached hydrogens (tertiary/aromatic N) is 3. The van der Waals surface area contributed by atoms with E-state index in [1.165, 1.54) is 0 Å². The summed E-state index contributed by atoms with van der Waals surface area (Å²) in [5.41, 5.74) is 0.664. The van der Waals surface area contributed by atoms with Crippen LogP contribution in [0, 0.1) is 0 Å². The van der Waals surface area contributed by atoms with Crippen LogP contribution in [0.4, 0.5) is 9.93 Å². The molecule has 1 aliphatic rings. The van der Waals surface area contributed by atoms with E-state index >= 15 is 0 Å². The lowest BCUT2D eigenvalue weighted by Crippen LogP contribution is -2.54. The van der Waals surface area contributed by atoms with Crippen LogP contribution >= 0.6 is 11.3 Å². The quantitative estimate of drug-likeness (QED) is 0.923. The average molecular weight is 312 g/mol. The lowest BCUT2D eigenvalue weighted by Gasteiger charge is -2.39. The van der Waals surface area contributed by atoms with Gasteiger partial charge < -0.3 is 19.9 Å². The molecule has 2 heterocycles. The minimum Gasteiger partial charge on any atom is -0.372 e. The van der Waals surface area contributed by atoms with Crippen molar-refractivity contribution in [1.82, 2.24) is 15.2 Å². The number of anilines is 1. The van der Waals surface area contributed by atoms with Crippen molar-refractivity contribution in [3.05, 3.63) is 11.1 Å². The molecule has 21 heavy (non-hydrogen) atoms. The van der Waals surface area contributed by atoms with Gasteiger partial charge >= 0.3 is 6.03 Å². The van der Waals surface area contributed by atoms with Crippen LogP contribution in [0.15, 0.2) is 5.38 Å². The number of morpholine rings is 1.